The lowest BCUT2D eigenvalue weighted by Gasteiger charge is -2.17. The average Bonchev–Trinajstić information content (AvgIpc) is 3.25. The Morgan fingerprint density at radius 1 is 1.21 bits per heavy atom. The van der Waals surface area contributed by atoms with E-state index < -0.39 is 31.1 Å². The zero-order valence-electron chi connectivity index (χ0n) is 15.4. The van der Waals surface area contributed by atoms with Crippen LogP contribution in [0.25, 0.3) is 11.2 Å². The van der Waals surface area contributed by atoms with E-state index in [9.17, 15) is 19.7 Å². The van der Waals surface area contributed by atoms with Gasteiger partial charge in [0.2, 0.25) is 0 Å². The van der Waals surface area contributed by atoms with Crippen molar-refractivity contribution in [2.75, 3.05) is 24.2 Å². The average molecular weight is 403 g/mol. The monoisotopic (exact) mass is 403 g/mol. The maximum Gasteiger partial charge on any atom is 0.166 e. The Hall–Kier alpha value is -2.79. The molecule has 0 amide bonds. The van der Waals surface area contributed by atoms with Crippen molar-refractivity contribution in [3.8, 4) is 0 Å². The fourth-order valence-electron chi connectivity index (χ4n) is 3.40. The molecule has 10 heteroatoms. The van der Waals surface area contributed by atoms with Gasteiger partial charge in [0.25, 0.3) is 0 Å². The molecule has 0 aliphatic carbocycles. The highest BCUT2D eigenvalue weighted by Crippen LogP contribution is 2.32. The van der Waals surface area contributed by atoms with E-state index in [-0.39, 0.29) is 5.82 Å². The third-order valence-corrected chi connectivity index (χ3v) is 4.98. The summed E-state index contributed by atoms with van der Waals surface area (Å²) in [5, 5.41) is 32.7. The topological polar surface area (TPSA) is 139 Å². The van der Waals surface area contributed by atoms with Crippen molar-refractivity contribution in [3.63, 3.8) is 0 Å². The fourth-order valence-corrected chi connectivity index (χ4v) is 3.40. The van der Waals surface area contributed by atoms with Gasteiger partial charge in [0.1, 0.15) is 35.5 Å². The number of nitrogens with one attached hydrogen (secondary N) is 1. The molecule has 2 aromatic heterocycles. The highest BCUT2D eigenvalue weighted by molar-refractivity contribution is 5.86. The highest BCUT2D eigenvalue weighted by atomic mass is 19.1. The first kappa shape index (κ1) is 19.5. The number of nitrogen functional groups attached to an aromatic ring is 1. The first-order valence-electron chi connectivity index (χ1n) is 9.21. The van der Waals surface area contributed by atoms with Gasteiger partial charge in [-0.1, -0.05) is 12.1 Å². The van der Waals surface area contributed by atoms with Crippen LogP contribution in [-0.4, -0.2) is 61.3 Å². The van der Waals surface area contributed by atoms with Crippen LogP contribution in [0.4, 0.5) is 15.9 Å². The number of benzene rings is 1. The molecule has 3 heterocycles. The van der Waals surface area contributed by atoms with E-state index in [2.05, 4.69) is 15.3 Å². The number of hydrogen-bond acceptors (Lipinski definition) is 8. The molecular formula is C19H22FN5O4. The molecule has 1 fully saturated rings. The van der Waals surface area contributed by atoms with Crippen molar-refractivity contribution < 1.29 is 24.4 Å². The first-order chi connectivity index (χ1) is 14.0. The van der Waals surface area contributed by atoms with Crippen molar-refractivity contribution in [3.05, 3.63) is 48.0 Å². The summed E-state index contributed by atoms with van der Waals surface area (Å²) in [6.45, 7) is 0.124. The lowest BCUT2D eigenvalue weighted by molar-refractivity contribution is -0.0511. The summed E-state index contributed by atoms with van der Waals surface area (Å²) >= 11 is 0. The molecule has 1 saturated heterocycles. The van der Waals surface area contributed by atoms with Gasteiger partial charge in [0.05, 0.1) is 18.6 Å². The molecule has 1 aliphatic heterocycles. The molecular weight excluding hydrogens is 381 g/mol. The fraction of sp³-hybridized carbons (Fsp3) is 0.368. The number of pyridine rings is 1. The molecule has 3 aromatic rings. The number of hydrogen-bond donors (Lipinski definition) is 5. The van der Waals surface area contributed by atoms with Crippen LogP contribution < -0.4 is 11.1 Å². The molecule has 4 unspecified atom stereocenters. The molecule has 4 rings (SSSR count). The van der Waals surface area contributed by atoms with Gasteiger partial charge in [-0.05, 0) is 24.1 Å². The zero-order chi connectivity index (χ0) is 20.5. The van der Waals surface area contributed by atoms with Gasteiger partial charge in [-0.15, -0.1) is 0 Å². The van der Waals surface area contributed by atoms with E-state index in [0.717, 1.165) is 5.56 Å². The molecule has 29 heavy (non-hydrogen) atoms. The molecule has 1 aromatic carbocycles. The molecule has 1 aliphatic rings. The van der Waals surface area contributed by atoms with Crippen molar-refractivity contribution in [2.24, 2.45) is 0 Å². The van der Waals surface area contributed by atoms with Gasteiger partial charge in [-0.2, -0.15) is 0 Å². The largest absolute Gasteiger partial charge is 0.397 e. The number of rotatable bonds is 6. The quantitative estimate of drug-likeness (QED) is 0.399. The maximum absolute atomic E-state index is 13.0. The standard InChI is InChI=1S/C19H22FN5O4/c20-11-3-1-10(2-4-11)5-6-22-14-7-12(21)15-18(24-14)25(9-23-15)19-17(28)16(27)13(8-26)29-19/h1-4,7,9,13,16-17,19,26-28H,5-6,8H2,(H3,21,22,24). The first-order valence-corrected chi connectivity index (χ1v) is 9.21. The summed E-state index contributed by atoms with van der Waals surface area (Å²) in [5.74, 6) is 0.227. The smallest absolute Gasteiger partial charge is 0.166 e. The van der Waals surface area contributed by atoms with E-state index >= 15 is 0 Å². The third kappa shape index (κ3) is 3.75. The van der Waals surface area contributed by atoms with Crippen LogP contribution in [0.15, 0.2) is 36.7 Å². The van der Waals surface area contributed by atoms with Crippen molar-refractivity contribution in [2.45, 2.75) is 31.0 Å². The van der Waals surface area contributed by atoms with Crippen LogP contribution >= 0.6 is 0 Å². The van der Waals surface area contributed by atoms with E-state index in [1.165, 1.54) is 23.0 Å². The van der Waals surface area contributed by atoms with Crippen molar-refractivity contribution >= 4 is 22.7 Å². The predicted molar refractivity (Wildman–Crippen MR) is 104 cm³/mol. The Bertz CT molecular complexity index is 996. The van der Waals surface area contributed by atoms with Gasteiger partial charge in [0.15, 0.2) is 11.9 Å². The molecule has 154 valence electrons. The highest BCUT2D eigenvalue weighted by Gasteiger charge is 2.44. The molecule has 0 saturated carbocycles. The van der Waals surface area contributed by atoms with Crippen molar-refractivity contribution in [1.82, 2.24) is 14.5 Å². The summed E-state index contributed by atoms with van der Waals surface area (Å²) in [7, 11) is 0. The summed E-state index contributed by atoms with van der Waals surface area (Å²) in [6.07, 6.45) is -2.24. The lowest BCUT2D eigenvalue weighted by Crippen LogP contribution is -2.33. The number of aromatic nitrogens is 3. The van der Waals surface area contributed by atoms with Gasteiger partial charge >= 0.3 is 0 Å². The normalized spacial score (nSPS) is 24.3. The SMILES string of the molecule is Nc1cc(NCCc2ccc(F)cc2)nc2c1ncn2C1OC(CO)C(O)C1O. The van der Waals surface area contributed by atoms with Gasteiger partial charge in [-0.25, -0.2) is 14.4 Å². The number of aliphatic hydroxyl groups is 3. The van der Waals surface area contributed by atoms with Crippen LogP contribution in [0.1, 0.15) is 11.8 Å². The zero-order valence-corrected chi connectivity index (χ0v) is 15.4. The van der Waals surface area contributed by atoms with E-state index in [1.54, 1.807) is 18.2 Å². The minimum Gasteiger partial charge on any atom is -0.397 e. The molecule has 0 bridgehead atoms. The number of aliphatic hydroxyl groups excluding tert-OH is 3. The van der Waals surface area contributed by atoms with Crippen LogP contribution in [0.3, 0.4) is 0 Å². The Morgan fingerprint density at radius 3 is 2.66 bits per heavy atom. The number of fused-ring (bicyclic) bond motifs is 1. The molecule has 0 radical (unpaired) electrons. The number of halogens is 1. The lowest BCUT2D eigenvalue weighted by atomic mass is 10.1. The molecule has 9 nitrogen and oxygen atoms in total. The second kappa shape index (κ2) is 7.91. The summed E-state index contributed by atoms with van der Waals surface area (Å²) in [5.41, 5.74) is 8.28. The number of imidazole rings is 1. The van der Waals surface area contributed by atoms with E-state index in [4.69, 9.17) is 10.5 Å². The van der Waals surface area contributed by atoms with Gasteiger partial charge in [0, 0.05) is 12.6 Å². The second-order valence-corrected chi connectivity index (χ2v) is 6.95. The minimum atomic E-state index is -1.25. The number of nitrogens with zero attached hydrogens (tertiary/aromatic N) is 3. The minimum absolute atomic E-state index is 0.278. The Labute approximate surface area is 165 Å². The third-order valence-electron chi connectivity index (χ3n) is 4.98. The van der Waals surface area contributed by atoms with Crippen LogP contribution in [-0.2, 0) is 11.2 Å². The van der Waals surface area contributed by atoms with Crippen LogP contribution in [0.5, 0.6) is 0 Å². The second-order valence-electron chi connectivity index (χ2n) is 6.95. The van der Waals surface area contributed by atoms with Crippen LogP contribution in [0, 0.1) is 5.82 Å². The maximum atomic E-state index is 13.0. The Kier molecular flexibility index (Phi) is 5.33. The summed E-state index contributed by atoms with van der Waals surface area (Å²) in [6, 6.07) is 7.92. The van der Waals surface area contributed by atoms with E-state index in [0.29, 0.717) is 35.6 Å². The molecule has 4 atom stereocenters. The number of anilines is 2. The van der Waals surface area contributed by atoms with Crippen molar-refractivity contribution in [1.29, 1.82) is 0 Å². The predicted octanol–water partition coefficient (Wildman–Crippen LogP) is 0.419. The Balaban J connectivity index is 1.54. The van der Waals surface area contributed by atoms with Gasteiger partial charge in [-0.3, -0.25) is 4.57 Å². The number of ether oxygens (including phenoxy) is 1. The number of nitrogens with two attached hydrogens (primary N) is 1. The summed E-state index contributed by atoms with van der Waals surface area (Å²) in [4.78, 5) is 8.74. The van der Waals surface area contributed by atoms with Gasteiger partial charge < -0.3 is 31.1 Å². The summed E-state index contributed by atoms with van der Waals surface area (Å²) < 4.78 is 20.0. The van der Waals surface area contributed by atoms with Crippen LogP contribution in [0.2, 0.25) is 0 Å². The molecule has 0 spiro atoms. The van der Waals surface area contributed by atoms with E-state index in [1.807, 2.05) is 0 Å². The Morgan fingerprint density at radius 2 is 1.97 bits per heavy atom. The molecule has 6 N–H and O–H groups in total.